The van der Waals surface area contributed by atoms with Crippen molar-refractivity contribution in [1.82, 2.24) is 0 Å². The molecule has 0 bridgehead atoms. The van der Waals surface area contributed by atoms with Crippen LogP contribution in [0, 0.1) is 111 Å². The van der Waals surface area contributed by atoms with Gasteiger partial charge in [-0.3, -0.25) is 0 Å². The highest BCUT2D eigenvalue weighted by molar-refractivity contribution is 6.63. The monoisotopic (exact) mass is 742 g/mol. The van der Waals surface area contributed by atoms with E-state index in [9.17, 15) is 70.2 Å². The topological polar surface area (TPSA) is 18.5 Å². The molecule has 0 aliphatic carbocycles. The van der Waals surface area contributed by atoms with Gasteiger partial charge in [-0.25, -0.2) is 74.6 Å². The molecule has 0 saturated heterocycles. The average Bonchev–Trinajstić information content (AvgIpc) is 3.08. The summed E-state index contributed by atoms with van der Waals surface area (Å²) in [6.07, 6.45) is 0. The molecule has 0 fully saturated rings. The molecule has 0 aromatic heterocycles. The molecule has 5 aromatic rings. The van der Waals surface area contributed by atoms with Gasteiger partial charge in [-0.05, 0) is 12.1 Å². The van der Waals surface area contributed by atoms with Crippen LogP contribution in [0.25, 0.3) is 21.9 Å². The largest absolute Gasteiger partial charge is 0.639 e. The van der Waals surface area contributed by atoms with E-state index in [0.717, 1.165) is 0 Å². The molecule has 262 valence electrons. The Morgan fingerprint density at radius 2 is 0.640 bits per heavy atom. The van der Waals surface area contributed by atoms with Gasteiger partial charge < -0.3 is 9.31 Å². The van der Waals surface area contributed by atoms with E-state index in [1.165, 1.54) is 0 Å². The van der Waals surface area contributed by atoms with Crippen molar-refractivity contribution in [1.29, 1.82) is 0 Å². The van der Waals surface area contributed by atoms with Crippen LogP contribution in [0.2, 0.25) is 0 Å². The summed E-state index contributed by atoms with van der Waals surface area (Å²) in [5, 5.41) is -4.71. The van der Waals surface area contributed by atoms with Crippen LogP contribution in [0.5, 0.6) is 11.5 Å². The highest BCUT2D eigenvalue weighted by Gasteiger charge is 2.43. The Labute approximate surface area is 262 Å². The number of fused-ring (bicyclic) bond motifs is 1. The Bertz CT molecular complexity index is 2260. The number of hydrogen-bond acceptors (Lipinski definition) is 2. The number of halogens is 19. The molecule has 0 spiro atoms. The van der Waals surface area contributed by atoms with Gasteiger partial charge in [-0.1, -0.05) is 0 Å². The van der Waals surface area contributed by atoms with Gasteiger partial charge in [-0.2, -0.15) is 8.78 Å². The first-order valence-corrected chi connectivity index (χ1v) is 12.4. The second kappa shape index (κ2) is 12.5. The van der Waals surface area contributed by atoms with Crippen LogP contribution in [0.15, 0.2) is 12.1 Å². The molecule has 0 aliphatic heterocycles. The second-order valence-corrected chi connectivity index (χ2v) is 9.51. The zero-order valence-electron chi connectivity index (χ0n) is 22.7. The molecule has 0 unspecified atom stereocenters. The predicted molar refractivity (Wildman–Crippen MR) is 128 cm³/mol. The summed E-state index contributed by atoms with van der Waals surface area (Å²) in [5.74, 6) is -60.3. The van der Waals surface area contributed by atoms with Crippen LogP contribution in [0.3, 0.4) is 0 Å². The lowest BCUT2D eigenvalue weighted by Crippen LogP contribution is -2.47. The van der Waals surface area contributed by atoms with Crippen molar-refractivity contribution in [3.8, 4) is 22.6 Å². The van der Waals surface area contributed by atoms with Gasteiger partial charge >= 0.3 is 7.12 Å². The fourth-order valence-corrected chi connectivity index (χ4v) is 4.46. The zero-order valence-corrected chi connectivity index (χ0v) is 22.7. The van der Waals surface area contributed by atoms with Crippen molar-refractivity contribution in [2.24, 2.45) is 0 Å². The molecule has 22 heteroatoms. The SMILES string of the molecule is Fc1ccc(F)c(B(Oc2c(F)c(F)c(F)c(F)c2-c2c(F)c(F)c(F)c(F)c2F)Oc2c(F)c(F)c(F)c3c(F)c(F)c(F)c(F)c23)c1F. The summed E-state index contributed by atoms with van der Waals surface area (Å²) in [6, 6.07) is -0.153. The van der Waals surface area contributed by atoms with E-state index >= 15 is 13.2 Å². The maximum Gasteiger partial charge on any atom is 0.639 e. The maximum atomic E-state index is 15.2. The standard InChI is InChI=1S/C28H2BF19O2/c30-3-1-2-4(31)10(32)9(3)29(49-27-8-6(14(36)22(44)25(27)47)11(33)17(39)20(42)15(8)37)50-28-7(16(38)21(43)24(46)26(28)48)5-12(34)18(40)23(45)19(41)13(5)35/h1-2H. The van der Waals surface area contributed by atoms with Gasteiger partial charge in [0.1, 0.15) is 5.82 Å². The smallest absolute Gasteiger partial charge is 0.519 e. The van der Waals surface area contributed by atoms with Crippen molar-refractivity contribution in [2.45, 2.75) is 0 Å². The van der Waals surface area contributed by atoms with Crippen LogP contribution in [0.4, 0.5) is 83.4 Å². The Morgan fingerprint density at radius 3 is 1.16 bits per heavy atom. The lowest BCUT2D eigenvalue weighted by atomic mass is 9.77. The molecule has 2 nitrogen and oxygen atoms in total. The summed E-state index contributed by atoms with van der Waals surface area (Å²) >= 11 is 0. The lowest BCUT2D eigenvalue weighted by Gasteiger charge is -2.23. The van der Waals surface area contributed by atoms with Crippen LogP contribution < -0.4 is 14.8 Å². The first kappa shape index (κ1) is 36.0. The first-order valence-electron chi connectivity index (χ1n) is 12.4. The van der Waals surface area contributed by atoms with E-state index in [4.69, 9.17) is 0 Å². The molecule has 0 aliphatic rings. The van der Waals surface area contributed by atoms with Crippen LogP contribution >= 0.6 is 0 Å². The van der Waals surface area contributed by atoms with Crippen molar-refractivity contribution >= 4 is 23.4 Å². The summed E-state index contributed by atoms with van der Waals surface area (Å²) in [4.78, 5) is 0. The fourth-order valence-electron chi connectivity index (χ4n) is 4.46. The Hall–Kier alpha value is -5.31. The Balaban J connectivity index is 1.91. The Morgan fingerprint density at radius 1 is 0.300 bits per heavy atom. The van der Waals surface area contributed by atoms with Crippen LogP contribution in [0.1, 0.15) is 0 Å². The average molecular weight is 742 g/mol. The lowest BCUT2D eigenvalue weighted by molar-refractivity contribution is 0.357. The molecule has 5 aromatic carbocycles. The molecular formula is C28H2BF19O2. The molecular weight excluding hydrogens is 740 g/mol. The maximum absolute atomic E-state index is 15.2. The molecule has 50 heavy (non-hydrogen) atoms. The summed E-state index contributed by atoms with van der Waals surface area (Å²) in [6.45, 7) is 0. The van der Waals surface area contributed by atoms with Crippen LogP contribution in [-0.2, 0) is 0 Å². The van der Waals surface area contributed by atoms with Crippen molar-refractivity contribution in [3.05, 3.63) is 123 Å². The summed E-state index contributed by atoms with van der Waals surface area (Å²) in [7, 11) is -3.90. The molecule has 0 amide bonds. The molecule has 0 atom stereocenters. The number of hydrogen-bond donors (Lipinski definition) is 0. The normalized spacial score (nSPS) is 11.5. The van der Waals surface area contributed by atoms with E-state index in [2.05, 4.69) is 9.31 Å². The zero-order chi connectivity index (χ0) is 37.4. The summed E-state index contributed by atoms with van der Waals surface area (Å²) < 4.78 is 284. The third kappa shape index (κ3) is 5.18. The predicted octanol–water partition coefficient (Wildman–Crippen LogP) is 9.00. The van der Waals surface area contributed by atoms with Gasteiger partial charge in [0, 0.05) is 0 Å². The third-order valence-corrected chi connectivity index (χ3v) is 6.75. The van der Waals surface area contributed by atoms with E-state index in [1.54, 1.807) is 0 Å². The van der Waals surface area contributed by atoms with Crippen molar-refractivity contribution in [3.63, 3.8) is 0 Å². The van der Waals surface area contributed by atoms with Gasteiger partial charge in [0.2, 0.25) is 23.3 Å². The third-order valence-electron chi connectivity index (χ3n) is 6.75. The quantitative estimate of drug-likeness (QED) is 0.0749. The van der Waals surface area contributed by atoms with Gasteiger partial charge in [-0.15, -0.1) is 0 Å². The van der Waals surface area contributed by atoms with E-state index in [-0.39, 0.29) is 12.1 Å². The van der Waals surface area contributed by atoms with E-state index in [1.807, 2.05) is 0 Å². The van der Waals surface area contributed by atoms with Crippen molar-refractivity contribution in [2.75, 3.05) is 0 Å². The summed E-state index contributed by atoms with van der Waals surface area (Å²) in [5.41, 5.74) is -7.67. The van der Waals surface area contributed by atoms with Gasteiger partial charge in [0.25, 0.3) is 0 Å². The molecule has 0 saturated carbocycles. The minimum absolute atomic E-state index is 0.0516. The minimum atomic E-state index is -3.90. The fraction of sp³-hybridized carbons (Fsp3) is 0. The van der Waals surface area contributed by atoms with Crippen molar-refractivity contribution < 1.29 is 92.7 Å². The van der Waals surface area contributed by atoms with Gasteiger partial charge in [0.05, 0.1) is 27.4 Å². The highest BCUT2D eigenvalue weighted by Crippen LogP contribution is 2.44. The Kier molecular flexibility index (Phi) is 9.03. The van der Waals surface area contributed by atoms with E-state index in [0.29, 0.717) is 0 Å². The molecule has 0 radical (unpaired) electrons. The second-order valence-electron chi connectivity index (χ2n) is 9.51. The minimum Gasteiger partial charge on any atom is -0.519 e. The molecule has 0 heterocycles. The van der Waals surface area contributed by atoms with Gasteiger partial charge in [0.15, 0.2) is 92.9 Å². The highest BCUT2D eigenvalue weighted by atomic mass is 19.2. The first-order chi connectivity index (χ1) is 23.3. The number of benzene rings is 5. The number of rotatable bonds is 6. The molecule has 0 N–H and O–H groups in total. The molecule has 5 rings (SSSR count). The van der Waals surface area contributed by atoms with Crippen LogP contribution in [-0.4, -0.2) is 7.12 Å². The van der Waals surface area contributed by atoms with E-state index < -0.39 is 157 Å².